The molecule has 3 N–H and O–H groups in total. The molecule has 0 bridgehead atoms. The van der Waals surface area contributed by atoms with E-state index in [1.54, 1.807) is 10.7 Å². The Bertz CT molecular complexity index is 843. The molecule has 0 spiro atoms. The van der Waals surface area contributed by atoms with Crippen LogP contribution in [-0.2, 0) is 13.1 Å². The van der Waals surface area contributed by atoms with E-state index in [0.29, 0.717) is 32.5 Å². The molecule has 1 saturated heterocycles. The summed E-state index contributed by atoms with van der Waals surface area (Å²) in [6.07, 6.45) is 6.25. The van der Waals surface area contributed by atoms with Crippen molar-refractivity contribution in [3.63, 3.8) is 0 Å². The first-order valence-corrected chi connectivity index (χ1v) is 10.1. The van der Waals surface area contributed by atoms with Gasteiger partial charge in [0, 0.05) is 39.0 Å². The maximum atomic E-state index is 12.2. The molecule has 29 heavy (non-hydrogen) atoms. The Balaban J connectivity index is 0.000000252. The number of hydrogen-bond donors (Lipinski definition) is 2. The van der Waals surface area contributed by atoms with Gasteiger partial charge in [-0.1, -0.05) is 20.3 Å². The zero-order valence-corrected chi connectivity index (χ0v) is 17.1. The minimum atomic E-state index is -2.32. The van der Waals surface area contributed by atoms with E-state index >= 15 is 0 Å². The number of alkyl halides is 2. The standard InChI is InChI=1S/C14H20N6O.C6H10F2/c1-14(2)8-16-13(21)19(9-14)6-10-3-12-18-11(4-15)7-20(12)17-5-10;7-6(8)4-2-1-3-5-6/h3,5,7H,4,6,8-9,15H2,1-2H3,(H,16,21);1-5H2. The van der Waals surface area contributed by atoms with Crippen LogP contribution in [-0.4, -0.2) is 44.5 Å². The average Bonchev–Trinajstić information content (AvgIpc) is 3.07. The number of nitrogens with two attached hydrogens (primary N) is 1. The van der Waals surface area contributed by atoms with Gasteiger partial charge in [-0.2, -0.15) is 5.10 Å². The summed E-state index contributed by atoms with van der Waals surface area (Å²) in [5.74, 6) is -2.32. The lowest BCUT2D eigenvalue weighted by Crippen LogP contribution is -2.54. The number of urea groups is 1. The molecule has 0 radical (unpaired) electrons. The van der Waals surface area contributed by atoms with Crippen LogP contribution in [0.4, 0.5) is 13.6 Å². The Morgan fingerprint density at radius 3 is 2.59 bits per heavy atom. The molecule has 2 aliphatic rings. The van der Waals surface area contributed by atoms with Gasteiger partial charge in [-0.3, -0.25) is 0 Å². The Hall–Kier alpha value is -2.29. The van der Waals surface area contributed by atoms with Crippen molar-refractivity contribution in [2.45, 2.75) is 65.0 Å². The summed E-state index contributed by atoms with van der Waals surface area (Å²) < 4.78 is 26.1. The first-order chi connectivity index (χ1) is 13.7. The topological polar surface area (TPSA) is 88.5 Å². The molecule has 160 valence electrons. The summed E-state index contributed by atoms with van der Waals surface area (Å²) in [5.41, 5.74) is 8.18. The minimum Gasteiger partial charge on any atom is -0.337 e. The third kappa shape index (κ3) is 5.85. The van der Waals surface area contributed by atoms with Crippen molar-refractivity contribution in [1.82, 2.24) is 24.8 Å². The SMILES string of the molecule is CC1(C)CNC(=O)N(Cc2cnn3cc(CN)nc3c2)C1.FC1(F)CCCCC1. The van der Waals surface area contributed by atoms with Crippen LogP contribution in [0.1, 0.15) is 57.2 Å². The number of rotatable bonds is 3. The van der Waals surface area contributed by atoms with Crippen LogP contribution in [0.15, 0.2) is 18.5 Å². The lowest BCUT2D eigenvalue weighted by molar-refractivity contribution is -0.0337. The summed E-state index contributed by atoms with van der Waals surface area (Å²) in [6, 6.07) is 1.92. The van der Waals surface area contributed by atoms with Crippen LogP contribution >= 0.6 is 0 Å². The molecule has 9 heteroatoms. The summed E-state index contributed by atoms with van der Waals surface area (Å²) in [5, 5.41) is 7.24. The van der Waals surface area contributed by atoms with Crippen molar-refractivity contribution < 1.29 is 13.6 Å². The molecule has 1 aliphatic heterocycles. The molecule has 2 amide bonds. The van der Waals surface area contributed by atoms with Gasteiger partial charge in [0.05, 0.1) is 18.1 Å². The molecule has 3 heterocycles. The Labute approximate surface area is 169 Å². The van der Waals surface area contributed by atoms with Gasteiger partial charge in [0.2, 0.25) is 5.92 Å². The number of halogens is 2. The molecule has 2 fully saturated rings. The van der Waals surface area contributed by atoms with Crippen LogP contribution in [0.2, 0.25) is 0 Å². The van der Waals surface area contributed by atoms with Crippen molar-refractivity contribution in [1.29, 1.82) is 0 Å². The Kier molecular flexibility index (Phi) is 6.36. The zero-order chi connectivity index (χ0) is 21.1. The van der Waals surface area contributed by atoms with Gasteiger partial charge >= 0.3 is 6.03 Å². The molecule has 0 atom stereocenters. The summed E-state index contributed by atoms with van der Waals surface area (Å²) in [7, 11) is 0. The molecule has 7 nitrogen and oxygen atoms in total. The zero-order valence-electron chi connectivity index (χ0n) is 17.1. The fourth-order valence-electron chi connectivity index (χ4n) is 3.64. The highest BCUT2D eigenvalue weighted by atomic mass is 19.3. The normalized spacial score (nSPS) is 20.7. The van der Waals surface area contributed by atoms with Crippen molar-refractivity contribution in [3.8, 4) is 0 Å². The number of nitrogens with zero attached hydrogens (tertiary/aromatic N) is 4. The molecule has 2 aromatic heterocycles. The van der Waals surface area contributed by atoms with Gasteiger partial charge in [-0.15, -0.1) is 0 Å². The van der Waals surface area contributed by atoms with Crippen LogP contribution < -0.4 is 11.1 Å². The predicted molar refractivity (Wildman–Crippen MR) is 107 cm³/mol. The second kappa shape index (κ2) is 8.61. The number of carbonyl (C=O) groups is 1. The second-order valence-corrected chi connectivity index (χ2v) is 8.70. The van der Waals surface area contributed by atoms with Crippen molar-refractivity contribution >= 4 is 11.7 Å². The van der Waals surface area contributed by atoms with E-state index in [9.17, 15) is 13.6 Å². The van der Waals surface area contributed by atoms with E-state index in [4.69, 9.17) is 5.73 Å². The second-order valence-electron chi connectivity index (χ2n) is 8.70. The number of nitrogens with one attached hydrogen (secondary N) is 1. The van der Waals surface area contributed by atoms with E-state index in [2.05, 4.69) is 29.2 Å². The highest BCUT2D eigenvalue weighted by molar-refractivity contribution is 5.75. The Morgan fingerprint density at radius 2 is 1.97 bits per heavy atom. The molecular formula is C20H30F2N6O. The minimum absolute atomic E-state index is 0.0276. The quantitative estimate of drug-likeness (QED) is 0.815. The van der Waals surface area contributed by atoms with Crippen LogP contribution in [0.25, 0.3) is 5.65 Å². The number of aromatic nitrogens is 3. The fourth-order valence-corrected chi connectivity index (χ4v) is 3.64. The van der Waals surface area contributed by atoms with Gasteiger partial charge < -0.3 is 16.0 Å². The molecule has 2 aromatic rings. The number of amides is 2. The van der Waals surface area contributed by atoms with Crippen molar-refractivity contribution in [2.75, 3.05) is 13.1 Å². The lowest BCUT2D eigenvalue weighted by Gasteiger charge is -2.38. The summed E-state index contributed by atoms with van der Waals surface area (Å²) in [4.78, 5) is 18.2. The summed E-state index contributed by atoms with van der Waals surface area (Å²) in [6.45, 7) is 6.64. The van der Waals surface area contributed by atoms with E-state index < -0.39 is 5.92 Å². The first kappa shape index (κ1) is 21.4. The van der Waals surface area contributed by atoms with Gasteiger partial charge in [0.1, 0.15) is 0 Å². The molecular weight excluding hydrogens is 378 g/mol. The third-order valence-electron chi connectivity index (χ3n) is 5.22. The van der Waals surface area contributed by atoms with E-state index in [0.717, 1.165) is 29.9 Å². The maximum absolute atomic E-state index is 12.2. The third-order valence-corrected chi connectivity index (χ3v) is 5.22. The molecule has 0 unspecified atom stereocenters. The van der Waals surface area contributed by atoms with Gasteiger partial charge in [0.15, 0.2) is 5.65 Å². The molecule has 1 aliphatic carbocycles. The largest absolute Gasteiger partial charge is 0.337 e. The summed E-state index contributed by atoms with van der Waals surface area (Å²) >= 11 is 0. The molecule has 0 aromatic carbocycles. The van der Waals surface area contributed by atoms with Crippen LogP contribution in [0, 0.1) is 5.41 Å². The van der Waals surface area contributed by atoms with Gasteiger partial charge in [0.25, 0.3) is 0 Å². The fraction of sp³-hybridized carbons (Fsp3) is 0.650. The molecule has 4 rings (SSSR count). The van der Waals surface area contributed by atoms with E-state index in [1.807, 2.05) is 17.2 Å². The number of carbonyl (C=O) groups excluding carboxylic acids is 1. The predicted octanol–water partition coefficient (Wildman–Crippen LogP) is 3.33. The van der Waals surface area contributed by atoms with Gasteiger partial charge in [-0.25, -0.2) is 23.1 Å². The van der Waals surface area contributed by atoms with Crippen molar-refractivity contribution in [2.24, 2.45) is 11.1 Å². The Morgan fingerprint density at radius 1 is 1.24 bits per heavy atom. The highest BCUT2D eigenvalue weighted by Crippen LogP contribution is 2.32. The number of imidazole rings is 1. The number of fused-ring (bicyclic) bond motifs is 1. The first-order valence-electron chi connectivity index (χ1n) is 10.1. The molecule has 1 saturated carbocycles. The number of hydrogen-bond acceptors (Lipinski definition) is 4. The van der Waals surface area contributed by atoms with E-state index in [-0.39, 0.29) is 24.3 Å². The van der Waals surface area contributed by atoms with Crippen LogP contribution in [0.5, 0.6) is 0 Å². The highest BCUT2D eigenvalue weighted by Gasteiger charge is 2.31. The average molecular weight is 408 g/mol. The van der Waals surface area contributed by atoms with Crippen molar-refractivity contribution in [3.05, 3.63) is 29.7 Å². The van der Waals surface area contributed by atoms with E-state index in [1.165, 1.54) is 0 Å². The van der Waals surface area contributed by atoms with Crippen LogP contribution in [0.3, 0.4) is 0 Å². The monoisotopic (exact) mass is 408 g/mol. The maximum Gasteiger partial charge on any atom is 0.317 e. The lowest BCUT2D eigenvalue weighted by atomic mass is 9.91. The van der Waals surface area contributed by atoms with Gasteiger partial charge in [-0.05, 0) is 29.9 Å². The smallest absolute Gasteiger partial charge is 0.317 e.